The second kappa shape index (κ2) is 13.1. The summed E-state index contributed by atoms with van der Waals surface area (Å²) in [5.74, 6) is 2.38. The molecule has 2 atom stereocenters. The van der Waals surface area contributed by atoms with Crippen LogP contribution in [0.15, 0.2) is 23.2 Å². The van der Waals surface area contributed by atoms with Crippen LogP contribution < -0.4 is 20.1 Å². The van der Waals surface area contributed by atoms with E-state index in [1.807, 2.05) is 19.2 Å². The van der Waals surface area contributed by atoms with E-state index in [9.17, 15) is 0 Å². The number of nitrogens with one attached hydrogen (secondary N) is 2. The molecule has 7 heteroatoms. The fourth-order valence-electron chi connectivity index (χ4n) is 3.72. The highest BCUT2D eigenvalue weighted by atomic mass is 127. The van der Waals surface area contributed by atoms with Crippen molar-refractivity contribution in [1.82, 2.24) is 15.5 Å². The van der Waals surface area contributed by atoms with Gasteiger partial charge in [0.05, 0.1) is 14.2 Å². The smallest absolute Gasteiger partial charge is 0.191 e. The highest BCUT2D eigenvalue weighted by Crippen LogP contribution is 2.27. The van der Waals surface area contributed by atoms with Crippen LogP contribution >= 0.6 is 24.0 Å². The minimum absolute atomic E-state index is 0. The first-order valence-electron chi connectivity index (χ1n) is 10.00. The number of guanidine groups is 1. The largest absolute Gasteiger partial charge is 0.493 e. The molecule has 1 aromatic carbocycles. The molecule has 0 saturated carbocycles. The summed E-state index contributed by atoms with van der Waals surface area (Å²) >= 11 is 0. The van der Waals surface area contributed by atoms with Crippen LogP contribution in [0.2, 0.25) is 0 Å². The molecular formula is C21H37IN4O2. The third-order valence-corrected chi connectivity index (χ3v) is 5.36. The molecule has 0 spiro atoms. The third-order valence-electron chi connectivity index (χ3n) is 5.36. The molecule has 0 aliphatic carbocycles. The van der Waals surface area contributed by atoms with Crippen LogP contribution in [-0.4, -0.2) is 63.8 Å². The Hall–Kier alpha value is -1.22. The summed E-state index contributed by atoms with van der Waals surface area (Å²) in [6.45, 7) is 7.55. The summed E-state index contributed by atoms with van der Waals surface area (Å²) in [5, 5.41) is 6.87. The molecule has 2 rings (SSSR count). The van der Waals surface area contributed by atoms with Gasteiger partial charge in [-0.3, -0.25) is 9.89 Å². The monoisotopic (exact) mass is 504 g/mol. The quantitative estimate of drug-likeness (QED) is 0.323. The maximum absolute atomic E-state index is 5.37. The number of likely N-dealkylation sites (tertiary alicyclic amines) is 1. The Labute approximate surface area is 187 Å². The summed E-state index contributed by atoms with van der Waals surface area (Å²) in [4.78, 5) is 6.95. The van der Waals surface area contributed by atoms with Gasteiger partial charge in [0.1, 0.15) is 0 Å². The van der Waals surface area contributed by atoms with Crippen molar-refractivity contribution in [1.29, 1.82) is 0 Å². The molecule has 1 aliphatic rings. The van der Waals surface area contributed by atoms with Gasteiger partial charge < -0.3 is 20.1 Å². The Bertz CT molecular complexity index is 612. The van der Waals surface area contributed by atoms with Crippen molar-refractivity contribution in [3.8, 4) is 11.5 Å². The normalized spacial score (nSPS) is 18.8. The first-order valence-corrected chi connectivity index (χ1v) is 10.00. The minimum atomic E-state index is 0. The number of ether oxygens (including phenoxy) is 2. The van der Waals surface area contributed by atoms with Crippen molar-refractivity contribution in [2.24, 2.45) is 4.99 Å². The van der Waals surface area contributed by atoms with Gasteiger partial charge in [0.2, 0.25) is 0 Å². The lowest BCUT2D eigenvalue weighted by Gasteiger charge is -2.38. The number of methoxy groups -OCH3 is 2. The Balaban J connectivity index is 0.00000392. The molecule has 2 unspecified atom stereocenters. The van der Waals surface area contributed by atoms with E-state index < -0.39 is 0 Å². The Morgan fingerprint density at radius 2 is 1.96 bits per heavy atom. The van der Waals surface area contributed by atoms with Gasteiger partial charge in [0, 0.05) is 32.2 Å². The first-order chi connectivity index (χ1) is 13.1. The molecule has 6 nitrogen and oxygen atoms in total. The van der Waals surface area contributed by atoms with Crippen LogP contribution in [-0.2, 0) is 6.42 Å². The van der Waals surface area contributed by atoms with E-state index >= 15 is 0 Å². The molecule has 1 fully saturated rings. The fraction of sp³-hybridized carbons (Fsp3) is 0.667. The van der Waals surface area contributed by atoms with Gasteiger partial charge in [-0.2, -0.15) is 0 Å². The summed E-state index contributed by atoms with van der Waals surface area (Å²) in [6, 6.07) is 7.22. The van der Waals surface area contributed by atoms with Crippen LogP contribution in [0.5, 0.6) is 11.5 Å². The topological polar surface area (TPSA) is 58.1 Å². The third kappa shape index (κ3) is 7.31. The average molecular weight is 504 g/mol. The van der Waals surface area contributed by atoms with E-state index in [4.69, 9.17) is 9.47 Å². The van der Waals surface area contributed by atoms with E-state index in [-0.39, 0.29) is 24.0 Å². The number of hydrogen-bond donors (Lipinski definition) is 2. The number of hydrogen-bond acceptors (Lipinski definition) is 4. The van der Waals surface area contributed by atoms with Crippen LogP contribution in [0, 0.1) is 0 Å². The molecule has 1 aromatic rings. The van der Waals surface area contributed by atoms with Gasteiger partial charge in [-0.1, -0.05) is 12.5 Å². The van der Waals surface area contributed by atoms with E-state index in [1.165, 1.54) is 31.4 Å². The minimum Gasteiger partial charge on any atom is -0.493 e. The van der Waals surface area contributed by atoms with E-state index in [2.05, 4.69) is 40.4 Å². The highest BCUT2D eigenvalue weighted by Gasteiger charge is 2.22. The zero-order valence-electron chi connectivity index (χ0n) is 18.0. The van der Waals surface area contributed by atoms with Crippen LogP contribution in [0.3, 0.4) is 0 Å². The molecule has 0 bridgehead atoms. The molecule has 1 heterocycles. The van der Waals surface area contributed by atoms with Crippen LogP contribution in [0.25, 0.3) is 0 Å². The van der Waals surface area contributed by atoms with Crippen LogP contribution in [0.1, 0.15) is 38.7 Å². The first kappa shape index (κ1) is 24.8. The number of rotatable bonds is 8. The molecular weight excluding hydrogens is 467 g/mol. The molecule has 160 valence electrons. The predicted molar refractivity (Wildman–Crippen MR) is 128 cm³/mol. The fourth-order valence-corrected chi connectivity index (χ4v) is 3.72. The van der Waals surface area contributed by atoms with Gasteiger partial charge >= 0.3 is 0 Å². The van der Waals surface area contributed by atoms with Gasteiger partial charge in [-0.25, -0.2) is 0 Å². The summed E-state index contributed by atoms with van der Waals surface area (Å²) < 4.78 is 10.7. The lowest BCUT2D eigenvalue weighted by Crippen LogP contribution is -2.50. The summed E-state index contributed by atoms with van der Waals surface area (Å²) in [7, 11) is 5.14. The van der Waals surface area contributed by atoms with Gasteiger partial charge in [0.25, 0.3) is 0 Å². The second-order valence-electron chi connectivity index (χ2n) is 7.25. The Kier molecular flexibility index (Phi) is 11.6. The number of nitrogens with zero attached hydrogens (tertiary/aromatic N) is 2. The number of aliphatic imine (C=N–C) groups is 1. The van der Waals surface area contributed by atoms with Crippen molar-refractivity contribution in [2.75, 3.05) is 40.9 Å². The van der Waals surface area contributed by atoms with Crippen molar-refractivity contribution < 1.29 is 9.47 Å². The molecule has 0 radical (unpaired) electrons. The van der Waals surface area contributed by atoms with Crippen molar-refractivity contribution >= 4 is 29.9 Å². The molecule has 0 amide bonds. The lowest BCUT2D eigenvalue weighted by atomic mass is 10.0. The molecule has 28 heavy (non-hydrogen) atoms. The van der Waals surface area contributed by atoms with Gasteiger partial charge in [0.15, 0.2) is 17.5 Å². The highest BCUT2D eigenvalue weighted by molar-refractivity contribution is 14.0. The van der Waals surface area contributed by atoms with Crippen molar-refractivity contribution in [2.45, 2.75) is 51.6 Å². The zero-order valence-corrected chi connectivity index (χ0v) is 20.3. The molecule has 1 saturated heterocycles. The predicted octanol–water partition coefficient (Wildman–Crippen LogP) is 3.29. The number of piperidine rings is 1. The van der Waals surface area contributed by atoms with Gasteiger partial charge in [-0.05, 0) is 57.4 Å². The lowest BCUT2D eigenvalue weighted by molar-refractivity contribution is 0.115. The van der Waals surface area contributed by atoms with Gasteiger partial charge in [-0.15, -0.1) is 24.0 Å². The molecule has 2 N–H and O–H groups in total. The van der Waals surface area contributed by atoms with Crippen LogP contribution in [0.4, 0.5) is 0 Å². The Morgan fingerprint density at radius 1 is 1.21 bits per heavy atom. The summed E-state index contributed by atoms with van der Waals surface area (Å²) in [6.07, 6.45) is 4.87. The maximum atomic E-state index is 5.37. The average Bonchev–Trinajstić information content (AvgIpc) is 2.70. The van der Waals surface area contributed by atoms with Crippen molar-refractivity contribution in [3.63, 3.8) is 0 Å². The van der Waals surface area contributed by atoms with E-state index in [1.54, 1.807) is 14.2 Å². The maximum Gasteiger partial charge on any atom is 0.191 e. The van der Waals surface area contributed by atoms with E-state index in [0.717, 1.165) is 37.0 Å². The number of benzene rings is 1. The molecule has 1 aliphatic heterocycles. The molecule has 0 aromatic heterocycles. The SMILES string of the molecule is CN=C(NCCc1ccc(OC)c(OC)c1)NCC(C)N1CCCCC1C.I. The standard InChI is InChI=1S/C21H36N4O2.HI/c1-16-8-6-7-13-25(16)17(2)15-24-21(22-3)23-12-11-18-9-10-19(26-4)20(14-18)27-5;/h9-10,14,16-17H,6-8,11-13,15H2,1-5H3,(H2,22,23,24);1H. The summed E-state index contributed by atoms with van der Waals surface area (Å²) in [5.41, 5.74) is 1.20. The second-order valence-corrected chi connectivity index (χ2v) is 7.25. The zero-order chi connectivity index (χ0) is 19.6. The van der Waals surface area contributed by atoms with E-state index in [0.29, 0.717) is 12.1 Å². The van der Waals surface area contributed by atoms with Crippen molar-refractivity contribution in [3.05, 3.63) is 23.8 Å². The Morgan fingerprint density at radius 3 is 2.61 bits per heavy atom. The number of halogens is 1.